The van der Waals surface area contributed by atoms with Crippen LogP contribution in [0.1, 0.15) is 19.4 Å². The van der Waals surface area contributed by atoms with Crippen molar-refractivity contribution in [2.75, 3.05) is 27.4 Å². The zero-order chi connectivity index (χ0) is 16.0. The Balaban J connectivity index is 3.27. The molecule has 0 amide bonds. The van der Waals surface area contributed by atoms with Gasteiger partial charge >= 0.3 is 0 Å². The van der Waals surface area contributed by atoms with E-state index in [4.69, 9.17) is 21.1 Å². The third-order valence-electron chi connectivity index (χ3n) is 3.06. The molecule has 0 aromatic heterocycles. The highest BCUT2D eigenvalue weighted by atomic mass is 35.5. The summed E-state index contributed by atoms with van der Waals surface area (Å²) in [5.41, 5.74) is 0.806. The SMILES string of the molecule is COCCN(C(C)C)S(=O)(=O)c1ccc(CCl)cc1OC. The highest BCUT2D eigenvalue weighted by molar-refractivity contribution is 7.89. The van der Waals surface area contributed by atoms with Crippen molar-refractivity contribution in [1.82, 2.24) is 4.31 Å². The van der Waals surface area contributed by atoms with Gasteiger partial charge in [0.15, 0.2) is 0 Å². The molecule has 0 aliphatic carbocycles. The molecule has 1 aromatic rings. The lowest BCUT2D eigenvalue weighted by atomic mass is 10.2. The number of methoxy groups -OCH3 is 2. The van der Waals surface area contributed by atoms with Crippen LogP contribution in [0.2, 0.25) is 0 Å². The highest BCUT2D eigenvalue weighted by Crippen LogP contribution is 2.29. The Morgan fingerprint density at radius 3 is 2.43 bits per heavy atom. The van der Waals surface area contributed by atoms with Gasteiger partial charge in [-0.3, -0.25) is 0 Å². The van der Waals surface area contributed by atoms with Crippen LogP contribution in [0.5, 0.6) is 5.75 Å². The minimum atomic E-state index is -3.66. The summed E-state index contributed by atoms with van der Waals surface area (Å²) in [5.74, 6) is 0.602. The second kappa shape index (κ2) is 7.98. The van der Waals surface area contributed by atoms with E-state index in [2.05, 4.69) is 0 Å². The monoisotopic (exact) mass is 335 g/mol. The van der Waals surface area contributed by atoms with Crippen molar-refractivity contribution in [2.45, 2.75) is 30.7 Å². The van der Waals surface area contributed by atoms with Gasteiger partial charge in [0.1, 0.15) is 10.6 Å². The summed E-state index contributed by atoms with van der Waals surface area (Å²) >= 11 is 5.77. The molecule has 7 heteroatoms. The van der Waals surface area contributed by atoms with Crippen molar-refractivity contribution in [3.8, 4) is 5.75 Å². The topological polar surface area (TPSA) is 55.8 Å². The Morgan fingerprint density at radius 1 is 1.29 bits per heavy atom. The summed E-state index contributed by atoms with van der Waals surface area (Å²) in [7, 11) is -0.667. The Bertz CT molecular complexity index is 560. The maximum atomic E-state index is 12.8. The first-order chi connectivity index (χ1) is 9.88. The molecule has 0 unspecified atom stereocenters. The van der Waals surface area contributed by atoms with Crippen LogP contribution in [-0.4, -0.2) is 46.1 Å². The minimum absolute atomic E-state index is 0.142. The molecule has 1 aromatic carbocycles. The summed E-state index contributed by atoms with van der Waals surface area (Å²) in [5, 5.41) is 0. The number of nitrogens with zero attached hydrogens (tertiary/aromatic N) is 1. The minimum Gasteiger partial charge on any atom is -0.495 e. The molecule has 0 spiro atoms. The molecule has 0 fully saturated rings. The molecule has 0 heterocycles. The molecule has 0 radical (unpaired) electrons. The van der Waals surface area contributed by atoms with E-state index in [9.17, 15) is 8.42 Å². The Kier molecular flexibility index (Phi) is 6.93. The van der Waals surface area contributed by atoms with Gasteiger partial charge in [0.2, 0.25) is 10.0 Å². The van der Waals surface area contributed by atoms with E-state index in [1.54, 1.807) is 19.2 Å². The lowest BCUT2D eigenvalue weighted by Crippen LogP contribution is -2.39. The molecule has 0 saturated carbocycles. The fourth-order valence-corrected chi connectivity index (χ4v) is 3.90. The average molecular weight is 336 g/mol. The van der Waals surface area contributed by atoms with Crippen LogP contribution in [0.3, 0.4) is 0 Å². The molecule has 21 heavy (non-hydrogen) atoms. The van der Waals surface area contributed by atoms with Gasteiger partial charge in [0, 0.05) is 25.6 Å². The summed E-state index contributed by atoms with van der Waals surface area (Å²) in [6.45, 7) is 4.27. The summed E-state index contributed by atoms with van der Waals surface area (Å²) in [6, 6.07) is 4.70. The Hall–Kier alpha value is -0.820. The third-order valence-corrected chi connectivity index (χ3v) is 5.48. The van der Waals surface area contributed by atoms with E-state index < -0.39 is 10.0 Å². The smallest absolute Gasteiger partial charge is 0.247 e. The molecule has 1 rings (SSSR count). The van der Waals surface area contributed by atoms with Crippen LogP contribution in [0.4, 0.5) is 0 Å². The van der Waals surface area contributed by atoms with Crippen LogP contribution in [-0.2, 0) is 20.6 Å². The maximum Gasteiger partial charge on any atom is 0.247 e. The maximum absolute atomic E-state index is 12.8. The third kappa shape index (κ3) is 4.32. The highest BCUT2D eigenvalue weighted by Gasteiger charge is 2.29. The van der Waals surface area contributed by atoms with Crippen molar-refractivity contribution in [2.24, 2.45) is 0 Å². The van der Waals surface area contributed by atoms with Gasteiger partial charge in [-0.2, -0.15) is 4.31 Å². The fourth-order valence-electron chi connectivity index (χ4n) is 1.97. The van der Waals surface area contributed by atoms with Crippen molar-refractivity contribution < 1.29 is 17.9 Å². The number of halogens is 1. The fraction of sp³-hybridized carbons (Fsp3) is 0.571. The van der Waals surface area contributed by atoms with Crippen LogP contribution >= 0.6 is 11.6 Å². The van der Waals surface area contributed by atoms with E-state index in [-0.39, 0.29) is 17.5 Å². The number of alkyl halides is 1. The van der Waals surface area contributed by atoms with Crippen molar-refractivity contribution in [3.63, 3.8) is 0 Å². The van der Waals surface area contributed by atoms with Crippen LogP contribution < -0.4 is 4.74 Å². The van der Waals surface area contributed by atoms with Crippen LogP contribution in [0, 0.1) is 0 Å². The molecule has 0 N–H and O–H groups in total. The molecule has 0 bridgehead atoms. The van der Waals surface area contributed by atoms with Crippen LogP contribution in [0.25, 0.3) is 0 Å². The lowest BCUT2D eigenvalue weighted by Gasteiger charge is -2.26. The Labute approximate surface area is 131 Å². The number of rotatable bonds is 8. The summed E-state index contributed by atoms with van der Waals surface area (Å²) < 4.78 is 37.2. The van der Waals surface area contributed by atoms with Crippen molar-refractivity contribution in [3.05, 3.63) is 23.8 Å². The summed E-state index contributed by atoms with van der Waals surface area (Å²) in [4.78, 5) is 0.142. The van der Waals surface area contributed by atoms with Gasteiger partial charge in [0.05, 0.1) is 13.7 Å². The van der Waals surface area contributed by atoms with Gasteiger partial charge in [-0.05, 0) is 31.5 Å². The number of benzene rings is 1. The van der Waals surface area contributed by atoms with Crippen LogP contribution in [0.15, 0.2) is 23.1 Å². The van der Waals surface area contributed by atoms with E-state index in [0.717, 1.165) is 5.56 Å². The second-order valence-corrected chi connectivity index (χ2v) is 6.95. The molecule has 120 valence electrons. The van der Waals surface area contributed by atoms with Crippen molar-refractivity contribution >= 4 is 21.6 Å². The average Bonchev–Trinajstić information content (AvgIpc) is 2.46. The van der Waals surface area contributed by atoms with E-state index in [0.29, 0.717) is 18.2 Å². The van der Waals surface area contributed by atoms with E-state index in [1.165, 1.54) is 17.5 Å². The molecule has 0 aliphatic rings. The first kappa shape index (κ1) is 18.2. The van der Waals surface area contributed by atoms with Gasteiger partial charge in [0.25, 0.3) is 0 Å². The van der Waals surface area contributed by atoms with E-state index in [1.807, 2.05) is 13.8 Å². The van der Waals surface area contributed by atoms with E-state index >= 15 is 0 Å². The molecule has 5 nitrogen and oxygen atoms in total. The zero-order valence-corrected chi connectivity index (χ0v) is 14.4. The predicted octanol–water partition coefficient (Wildman–Crippen LogP) is 2.48. The Morgan fingerprint density at radius 2 is 1.95 bits per heavy atom. The molecule has 0 saturated heterocycles. The number of ether oxygens (including phenoxy) is 2. The number of hydrogen-bond donors (Lipinski definition) is 0. The molecule has 0 atom stereocenters. The first-order valence-corrected chi connectivity index (χ1v) is 8.59. The lowest BCUT2D eigenvalue weighted by molar-refractivity contribution is 0.170. The van der Waals surface area contributed by atoms with Gasteiger partial charge in [-0.25, -0.2) is 8.42 Å². The zero-order valence-electron chi connectivity index (χ0n) is 12.8. The van der Waals surface area contributed by atoms with Gasteiger partial charge in [-0.1, -0.05) is 6.07 Å². The normalized spacial score (nSPS) is 12.1. The summed E-state index contributed by atoms with van der Waals surface area (Å²) in [6.07, 6.45) is 0. The molecular weight excluding hydrogens is 314 g/mol. The second-order valence-electron chi connectivity index (χ2n) is 4.82. The molecular formula is C14H22ClNO4S. The number of hydrogen-bond acceptors (Lipinski definition) is 4. The van der Waals surface area contributed by atoms with Crippen molar-refractivity contribution in [1.29, 1.82) is 0 Å². The predicted molar refractivity (Wildman–Crippen MR) is 83.5 cm³/mol. The standard InChI is InChI=1S/C14H22ClNO4S/c1-11(2)16(7-8-19-3)21(17,18)14-6-5-12(10-15)9-13(14)20-4/h5-6,9,11H,7-8,10H2,1-4H3. The first-order valence-electron chi connectivity index (χ1n) is 6.62. The number of sulfonamides is 1. The largest absolute Gasteiger partial charge is 0.495 e. The van der Waals surface area contributed by atoms with Gasteiger partial charge in [-0.15, -0.1) is 11.6 Å². The van der Waals surface area contributed by atoms with Gasteiger partial charge < -0.3 is 9.47 Å². The quantitative estimate of drug-likeness (QED) is 0.685. The molecule has 0 aliphatic heterocycles.